The number of carboxylic acids is 1. The van der Waals surface area contributed by atoms with Crippen LogP contribution in [0, 0.1) is 23.2 Å². The average molecular weight is 198 g/mol. The Morgan fingerprint density at radius 1 is 1.50 bits per heavy atom. The van der Waals surface area contributed by atoms with E-state index >= 15 is 0 Å². The molecule has 0 aromatic rings. The molecule has 0 radical (unpaired) electrons. The molecule has 1 rings (SSSR count). The van der Waals surface area contributed by atoms with Crippen molar-refractivity contribution in [1.29, 1.82) is 0 Å². The molecule has 0 aromatic heterocycles. The molecule has 14 heavy (non-hydrogen) atoms. The third-order valence-corrected chi connectivity index (χ3v) is 3.98. The van der Waals surface area contributed by atoms with Crippen molar-refractivity contribution in [3.63, 3.8) is 0 Å². The van der Waals surface area contributed by atoms with Crippen LogP contribution in [-0.4, -0.2) is 11.1 Å². The van der Waals surface area contributed by atoms with E-state index in [1.165, 1.54) is 6.42 Å². The first-order chi connectivity index (χ1) is 6.40. The van der Waals surface area contributed by atoms with Crippen LogP contribution < -0.4 is 0 Å². The van der Waals surface area contributed by atoms with E-state index in [1.807, 2.05) is 0 Å². The summed E-state index contributed by atoms with van der Waals surface area (Å²) in [6.07, 6.45) is 3.21. The van der Waals surface area contributed by atoms with Crippen LogP contribution in [0.3, 0.4) is 0 Å². The summed E-state index contributed by atoms with van der Waals surface area (Å²) >= 11 is 0. The number of rotatable bonds is 2. The maximum absolute atomic E-state index is 11.3. The maximum atomic E-state index is 11.3. The minimum atomic E-state index is -0.603. The fraction of sp³-hybridized carbons (Fsp3) is 0.917. The van der Waals surface area contributed by atoms with Crippen molar-refractivity contribution in [2.24, 2.45) is 23.2 Å². The summed E-state index contributed by atoms with van der Waals surface area (Å²) < 4.78 is 0. The fourth-order valence-electron chi connectivity index (χ4n) is 3.03. The van der Waals surface area contributed by atoms with Gasteiger partial charge in [-0.2, -0.15) is 0 Å². The highest BCUT2D eigenvalue weighted by molar-refractivity contribution is 5.71. The number of carbonyl (C=O) groups is 1. The van der Waals surface area contributed by atoms with Gasteiger partial charge in [0.15, 0.2) is 0 Å². The minimum Gasteiger partial charge on any atom is -0.481 e. The minimum absolute atomic E-state index is 0.0287. The quantitative estimate of drug-likeness (QED) is 0.740. The first-order valence-corrected chi connectivity index (χ1v) is 5.63. The Bertz CT molecular complexity index is 220. The predicted molar refractivity (Wildman–Crippen MR) is 57.1 cm³/mol. The second kappa shape index (κ2) is 3.92. The Morgan fingerprint density at radius 2 is 2.07 bits per heavy atom. The maximum Gasteiger partial charge on any atom is 0.307 e. The number of aliphatic carboxylic acids is 1. The zero-order valence-electron chi connectivity index (χ0n) is 9.71. The van der Waals surface area contributed by atoms with Crippen molar-refractivity contribution in [3.8, 4) is 0 Å². The topological polar surface area (TPSA) is 37.3 Å². The molecule has 3 atom stereocenters. The van der Waals surface area contributed by atoms with E-state index in [-0.39, 0.29) is 11.3 Å². The summed E-state index contributed by atoms with van der Waals surface area (Å²) in [7, 11) is 0. The van der Waals surface area contributed by atoms with Crippen molar-refractivity contribution in [1.82, 2.24) is 0 Å². The van der Waals surface area contributed by atoms with Gasteiger partial charge in [-0.1, -0.05) is 34.1 Å². The zero-order valence-corrected chi connectivity index (χ0v) is 9.71. The van der Waals surface area contributed by atoms with Crippen LogP contribution >= 0.6 is 0 Å². The predicted octanol–water partition coefficient (Wildman–Crippen LogP) is 3.17. The first-order valence-electron chi connectivity index (χ1n) is 5.63. The Hall–Kier alpha value is -0.530. The van der Waals surface area contributed by atoms with Gasteiger partial charge < -0.3 is 5.11 Å². The molecule has 0 aliphatic heterocycles. The molecule has 1 aliphatic carbocycles. The lowest BCUT2D eigenvalue weighted by Crippen LogP contribution is -2.43. The van der Waals surface area contributed by atoms with E-state index in [0.717, 1.165) is 12.8 Å². The van der Waals surface area contributed by atoms with Gasteiger partial charge in [-0.25, -0.2) is 0 Å². The summed E-state index contributed by atoms with van der Waals surface area (Å²) in [5, 5.41) is 9.29. The van der Waals surface area contributed by atoms with Crippen LogP contribution in [0.2, 0.25) is 0 Å². The highest BCUT2D eigenvalue weighted by Gasteiger charge is 2.45. The van der Waals surface area contributed by atoms with Gasteiger partial charge in [0.1, 0.15) is 0 Å². The van der Waals surface area contributed by atoms with Gasteiger partial charge >= 0.3 is 5.97 Å². The number of carboxylic acid groups (broad SMARTS) is 1. The smallest absolute Gasteiger partial charge is 0.307 e. The molecule has 0 bridgehead atoms. The Morgan fingerprint density at radius 3 is 2.43 bits per heavy atom. The van der Waals surface area contributed by atoms with E-state index in [1.54, 1.807) is 0 Å². The molecule has 2 heteroatoms. The molecule has 0 amide bonds. The van der Waals surface area contributed by atoms with Crippen LogP contribution in [0.1, 0.15) is 47.0 Å². The lowest BCUT2D eigenvalue weighted by atomic mass is 9.59. The summed E-state index contributed by atoms with van der Waals surface area (Å²) in [4.78, 5) is 11.3. The van der Waals surface area contributed by atoms with Crippen molar-refractivity contribution in [3.05, 3.63) is 0 Å². The molecule has 1 N–H and O–H groups in total. The Balaban J connectivity index is 2.93. The van der Waals surface area contributed by atoms with Crippen molar-refractivity contribution in [2.45, 2.75) is 47.0 Å². The third-order valence-electron chi connectivity index (χ3n) is 3.98. The summed E-state index contributed by atoms with van der Waals surface area (Å²) in [6, 6.07) is 0. The second-order valence-corrected chi connectivity index (χ2v) is 5.39. The molecule has 2 nitrogen and oxygen atoms in total. The fourth-order valence-corrected chi connectivity index (χ4v) is 3.03. The molecule has 0 aromatic carbocycles. The zero-order chi connectivity index (χ0) is 10.9. The lowest BCUT2D eigenvalue weighted by Gasteiger charge is -2.44. The molecular formula is C12H22O2. The largest absolute Gasteiger partial charge is 0.481 e. The van der Waals surface area contributed by atoms with Crippen LogP contribution in [0.5, 0.6) is 0 Å². The SMILES string of the molecule is CCC1C(C)CCC(C)(C)C1C(=O)O. The van der Waals surface area contributed by atoms with Crippen molar-refractivity contribution >= 4 is 5.97 Å². The second-order valence-electron chi connectivity index (χ2n) is 5.39. The summed E-state index contributed by atoms with van der Waals surface area (Å²) in [5.74, 6) is 0.162. The molecule has 3 unspecified atom stereocenters. The van der Waals surface area contributed by atoms with E-state index < -0.39 is 5.97 Å². The highest BCUT2D eigenvalue weighted by Crippen LogP contribution is 2.47. The Kier molecular flexibility index (Phi) is 3.23. The number of hydrogen-bond donors (Lipinski definition) is 1. The van der Waals surface area contributed by atoms with E-state index in [9.17, 15) is 9.90 Å². The first kappa shape index (κ1) is 11.5. The third kappa shape index (κ3) is 1.94. The van der Waals surface area contributed by atoms with Gasteiger partial charge in [0.2, 0.25) is 0 Å². The van der Waals surface area contributed by atoms with E-state index in [0.29, 0.717) is 11.8 Å². The Labute approximate surface area is 86.7 Å². The molecule has 1 fully saturated rings. The summed E-state index contributed by atoms with van der Waals surface area (Å²) in [6.45, 7) is 8.50. The van der Waals surface area contributed by atoms with Crippen LogP contribution in [0.15, 0.2) is 0 Å². The monoisotopic (exact) mass is 198 g/mol. The van der Waals surface area contributed by atoms with Crippen molar-refractivity contribution in [2.75, 3.05) is 0 Å². The molecule has 0 heterocycles. The molecule has 82 valence electrons. The van der Waals surface area contributed by atoms with Crippen LogP contribution in [0.4, 0.5) is 0 Å². The van der Waals surface area contributed by atoms with Gasteiger partial charge in [0.05, 0.1) is 5.92 Å². The number of hydrogen-bond acceptors (Lipinski definition) is 1. The average Bonchev–Trinajstić information content (AvgIpc) is 2.07. The van der Waals surface area contributed by atoms with Gasteiger partial charge in [-0.15, -0.1) is 0 Å². The van der Waals surface area contributed by atoms with Gasteiger partial charge in [0.25, 0.3) is 0 Å². The van der Waals surface area contributed by atoms with E-state index in [2.05, 4.69) is 27.7 Å². The van der Waals surface area contributed by atoms with Crippen LogP contribution in [-0.2, 0) is 4.79 Å². The molecule has 0 saturated heterocycles. The molecule has 0 spiro atoms. The van der Waals surface area contributed by atoms with Crippen molar-refractivity contribution < 1.29 is 9.90 Å². The lowest BCUT2D eigenvalue weighted by molar-refractivity contribution is -0.153. The summed E-state index contributed by atoms with van der Waals surface area (Å²) in [5.41, 5.74) is -0.0287. The van der Waals surface area contributed by atoms with E-state index in [4.69, 9.17) is 0 Å². The normalized spacial score (nSPS) is 36.7. The van der Waals surface area contributed by atoms with Gasteiger partial charge in [0, 0.05) is 0 Å². The van der Waals surface area contributed by atoms with Gasteiger partial charge in [-0.3, -0.25) is 4.79 Å². The van der Waals surface area contributed by atoms with Crippen LogP contribution in [0.25, 0.3) is 0 Å². The standard InChI is InChI=1S/C12H22O2/c1-5-9-8(2)6-7-12(3,4)10(9)11(13)14/h8-10H,5-7H2,1-4H3,(H,13,14). The molecular weight excluding hydrogens is 176 g/mol. The molecule has 1 saturated carbocycles. The highest BCUT2D eigenvalue weighted by atomic mass is 16.4. The van der Waals surface area contributed by atoms with Gasteiger partial charge in [-0.05, 0) is 30.1 Å². The molecule has 1 aliphatic rings.